The molecule has 0 bridgehead atoms. The zero-order valence-electron chi connectivity index (χ0n) is 19.9. The molecule has 186 valence electrons. The molecule has 0 aliphatic heterocycles. The van der Waals surface area contributed by atoms with Crippen molar-refractivity contribution >= 4 is 17.7 Å². The van der Waals surface area contributed by atoms with E-state index in [0.29, 0.717) is 55.7 Å². The summed E-state index contributed by atoms with van der Waals surface area (Å²) in [5, 5.41) is 28.8. The molecule has 0 saturated carbocycles. The molecular weight excluding hydrogens is 430 g/mol. The molecule has 1 aromatic carbocycles. The summed E-state index contributed by atoms with van der Waals surface area (Å²) in [5.41, 5.74) is 1.52. The van der Waals surface area contributed by atoms with Crippen LogP contribution in [0.15, 0.2) is 30.4 Å². The first-order valence-corrected chi connectivity index (χ1v) is 11.0. The van der Waals surface area contributed by atoms with E-state index in [1.165, 1.54) is 0 Å². The Hall–Kier alpha value is -2.75. The highest BCUT2D eigenvalue weighted by Crippen LogP contribution is 2.22. The molecule has 0 heterocycles. The van der Waals surface area contributed by atoms with Crippen molar-refractivity contribution in [2.75, 3.05) is 19.8 Å². The van der Waals surface area contributed by atoms with E-state index in [1.54, 1.807) is 12.1 Å². The van der Waals surface area contributed by atoms with Gasteiger partial charge in [-0.05, 0) is 24.6 Å². The van der Waals surface area contributed by atoms with Crippen LogP contribution in [0.25, 0.3) is 0 Å². The van der Waals surface area contributed by atoms with Crippen molar-refractivity contribution in [3.63, 3.8) is 0 Å². The normalized spacial score (nSPS) is 11.7. The van der Waals surface area contributed by atoms with Crippen LogP contribution < -0.4 is 10.1 Å². The highest BCUT2D eigenvalue weighted by atomic mass is 16.5. The minimum atomic E-state index is -1.26. The molecule has 1 aromatic rings. The SMILES string of the molecule is CCCCOCc1cc(C(=O)CC)ccc1OCC(O)CNC(C)C.O=C(O)C=CC(=O)O. The van der Waals surface area contributed by atoms with Gasteiger partial charge in [-0.3, -0.25) is 4.79 Å². The number of hydrogen-bond acceptors (Lipinski definition) is 7. The van der Waals surface area contributed by atoms with Crippen LogP contribution in [0.5, 0.6) is 5.75 Å². The van der Waals surface area contributed by atoms with E-state index in [0.717, 1.165) is 18.4 Å². The third-order valence-corrected chi connectivity index (χ3v) is 4.16. The van der Waals surface area contributed by atoms with Crippen molar-refractivity contribution in [1.82, 2.24) is 5.32 Å². The highest BCUT2D eigenvalue weighted by Gasteiger charge is 2.12. The average Bonchev–Trinajstić information content (AvgIpc) is 2.77. The van der Waals surface area contributed by atoms with Crippen molar-refractivity contribution in [3.05, 3.63) is 41.5 Å². The maximum absolute atomic E-state index is 11.9. The second kappa shape index (κ2) is 17.8. The maximum atomic E-state index is 11.9. The van der Waals surface area contributed by atoms with Gasteiger partial charge in [-0.1, -0.05) is 34.1 Å². The molecule has 0 fully saturated rings. The second-order valence-corrected chi connectivity index (χ2v) is 7.54. The van der Waals surface area contributed by atoms with Gasteiger partial charge in [-0.15, -0.1) is 0 Å². The number of Topliss-reactive ketones (excluding diaryl/α,β-unsaturated/α-hetero) is 1. The van der Waals surface area contributed by atoms with Gasteiger partial charge in [0.25, 0.3) is 0 Å². The fourth-order valence-electron chi connectivity index (χ4n) is 2.40. The molecule has 0 radical (unpaired) electrons. The minimum Gasteiger partial charge on any atom is -0.490 e. The number of ether oxygens (including phenoxy) is 2. The molecular formula is C24H37NO8. The topological polar surface area (TPSA) is 142 Å². The Labute approximate surface area is 195 Å². The Morgan fingerprint density at radius 3 is 2.24 bits per heavy atom. The number of aliphatic carboxylic acids is 2. The number of ketones is 1. The van der Waals surface area contributed by atoms with E-state index < -0.39 is 18.0 Å². The summed E-state index contributed by atoms with van der Waals surface area (Å²) in [6.45, 7) is 9.79. The van der Waals surface area contributed by atoms with Gasteiger partial charge in [0.2, 0.25) is 0 Å². The summed E-state index contributed by atoms with van der Waals surface area (Å²) >= 11 is 0. The summed E-state index contributed by atoms with van der Waals surface area (Å²) in [5.74, 6) is -1.75. The third kappa shape index (κ3) is 15.7. The highest BCUT2D eigenvalue weighted by molar-refractivity contribution is 5.96. The van der Waals surface area contributed by atoms with Crippen molar-refractivity contribution in [3.8, 4) is 5.75 Å². The zero-order chi connectivity index (χ0) is 25.2. The number of carboxylic acid groups (broad SMARTS) is 2. The fourth-order valence-corrected chi connectivity index (χ4v) is 2.40. The van der Waals surface area contributed by atoms with Gasteiger partial charge in [0.1, 0.15) is 18.5 Å². The number of rotatable bonds is 15. The zero-order valence-corrected chi connectivity index (χ0v) is 19.9. The number of unbranched alkanes of at least 4 members (excludes halogenated alkanes) is 1. The number of carboxylic acids is 2. The van der Waals surface area contributed by atoms with Gasteiger partial charge in [0.15, 0.2) is 5.78 Å². The van der Waals surface area contributed by atoms with Crippen LogP contribution in [0.3, 0.4) is 0 Å². The molecule has 0 aliphatic carbocycles. The molecule has 1 atom stereocenters. The standard InChI is InChI=1S/C20H33NO4.C4H4O4/c1-5-7-10-24-13-17-11-16(19(23)6-2)8-9-20(17)25-14-18(22)12-21-15(3)4;5-3(6)1-2-4(7)8/h8-9,11,15,18,21-22H,5-7,10,12-14H2,1-4H3;1-2H,(H,5,6)(H,7,8). The van der Waals surface area contributed by atoms with Crippen LogP contribution in [0.2, 0.25) is 0 Å². The Morgan fingerprint density at radius 2 is 1.73 bits per heavy atom. The van der Waals surface area contributed by atoms with Crippen LogP contribution in [0.4, 0.5) is 0 Å². The lowest BCUT2D eigenvalue weighted by atomic mass is 10.1. The molecule has 1 rings (SSSR count). The van der Waals surface area contributed by atoms with Gasteiger partial charge in [0, 0.05) is 48.9 Å². The van der Waals surface area contributed by atoms with Crippen LogP contribution in [-0.4, -0.2) is 64.9 Å². The number of aliphatic hydroxyl groups is 1. The fraction of sp³-hybridized carbons (Fsp3) is 0.542. The smallest absolute Gasteiger partial charge is 0.328 e. The molecule has 0 saturated heterocycles. The molecule has 9 heteroatoms. The van der Waals surface area contributed by atoms with E-state index >= 15 is 0 Å². The lowest BCUT2D eigenvalue weighted by Gasteiger charge is -2.17. The van der Waals surface area contributed by atoms with Gasteiger partial charge in [-0.25, -0.2) is 9.59 Å². The number of carbonyl (C=O) groups excluding carboxylic acids is 1. The number of aliphatic hydroxyl groups excluding tert-OH is 1. The summed E-state index contributed by atoms with van der Waals surface area (Å²) in [7, 11) is 0. The van der Waals surface area contributed by atoms with Crippen molar-refractivity contribution in [2.24, 2.45) is 0 Å². The first-order chi connectivity index (χ1) is 15.6. The van der Waals surface area contributed by atoms with Gasteiger partial charge < -0.3 is 30.1 Å². The second-order valence-electron chi connectivity index (χ2n) is 7.54. The van der Waals surface area contributed by atoms with E-state index in [1.807, 2.05) is 26.8 Å². The van der Waals surface area contributed by atoms with Crippen LogP contribution >= 0.6 is 0 Å². The molecule has 0 spiro atoms. The lowest BCUT2D eigenvalue weighted by Crippen LogP contribution is -2.35. The van der Waals surface area contributed by atoms with E-state index in [9.17, 15) is 19.5 Å². The number of nitrogens with one attached hydrogen (secondary N) is 1. The van der Waals surface area contributed by atoms with Crippen molar-refractivity contribution in [1.29, 1.82) is 0 Å². The predicted molar refractivity (Wildman–Crippen MR) is 125 cm³/mol. The molecule has 0 amide bonds. The molecule has 0 aliphatic rings. The summed E-state index contributed by atoms with van der Waals surface area (Å²) < 4.78 is 11.5. The maximum Gasteiger partial charge on any atom is 0.328 e. The largest absolute Gasteiger partial charge is 0.490 e. The molecule has 4 N–H and O–H groups in total. The number of carbonyl (C=O) groups is 3. The van der Waals surface area contributed by atoms with E-state index in [4.69, 9.17) is 19.7 Å². The van der Waals surface area contributed by atoms with Crippen molar-refractivity contribution in [2.45, 2.75) is 65.7 Å². The van der Waals surface area contributed by atoms with Gasteiger partial charge >= 0.3 is 11.9 Å². The van der Waals surface area contributed by atoms with E-state index in [2.05, 4.69) is 12.2 Å². The number of hydrogen-bond donors (Lipinski definition) is 4. The summed E-state index contributed by atoms with van der Waals surface area (Å²) in [6.07, 6.45) is 3.07. The molecule has 33 heavy (non-hydrogen) atoms. The van der Waals surface area contributed by atoms with Gasteiger partial charge in [-0.2, -0.15) is 0 Å². The first-order valence-electron chi connectivity index (χ1n) is 11.0. The Kier molecular flexibility index (Phi) is 16.3. The van der Waals surface area contributed by atoms with E-state index in [-0.39, 0.29) is 12.4 Å². The molecule has 0 aromatic heterocycles. The summed E-state index contributed by atoms with van der Waals surface area (Å²) in [6, 6.07) is 5.72. The lowest BCUT2D eigenvalue weighted by molar-refractivity contribution is -0.134. The minimum absolute atomic E-state index is 0.0996. The quantitative estimate of drug-likeness (QED) is 0.174. The van der Waals surface area contributed by atoms with Crippen molar-refractivity contribution < 1.29 is 39.2 Å². The Balaban J connectivity index is 0.00000109. The monoisotopic (exact) mass is 467 g/mol. The summed E-state index contributed by atoms with van der Waals surface area (Å²) in [4.78, 5) is 31.0. The van der Waals surface area contributed by atoms with Crippen LogP contribution in [0.1, 0.15) is 62.9 Å². The third-order valence-electron chi connectivity index (χ3n) is 4.16. The van der Waals surface area contributed by atoms with Gasteiger partial charge in [0.05, 0.1) is 6.61 Å². The number of benzene rings is 1. The molecule has 9 nitrogen and oxygen atoms in total. The Bertz CT molecular complexity index is 745. The first kappa shape index (κ1) is 30.2. The molecule has 1 unspecified atom stereocenters. The average molecular weight is 468 g/mol. The Morgan fingerprint density at radius 1 is 1.09 bits per heavy atom. The van der Waals surface area contributed by atoms with Crippen LogP contribution in [-0.2, 0) is 20.9 Å². The predicted octanol–water partition coefficient (Wildman–Crippen LogP) is 3.05. The van der Waals surface area contributed by atoms with Crippen LogP contribution in [0, 0.1) is 0 Å².